The van der Waals surface area contributed by atoms with Gasteiger partial charge in [0, 0.05) is 0 Å². The van der Waals surface area contributed by atoms with Gasteiger partial charge < -0.3 is 9.16 Å². The van der Waals surface area contributed by atoms with Crippen LogP contribution in [-0.2, 0) is 9.16 Å². The highest BCUT2D eigenvalue weighted by molar-refractivity contribution is 6.74. The Kier molecular flexibility index (Phi) is 13.8. The average molecular weight is 331 g/mol. The second-order valence-electron chi connectivity index (χ2n) is 6.27. The molecule has 0 fully saturated rings. The Morgan fingerprint density at radius 2 is 1.18 bits per heavy atom. The van der Waals surface area contributed by atoms with Gasteiger partial charge >= 0.3 is 6.16 Å². The first-order valence-electron chi connectivity index (χ1n) is 9.49. The first kappa shape index (κ1) is 21.5. The fraction of sp³-hybridized carbons (Fsp3) is 0.944. The molecule has 22 heavy (non-hydrogen) atoms. The average Bonchev–Trinajstić information content (AvgIpc) is 2.54. The lowest BCUT2D eigenvalue weighted by atomic mass is 10.1. The van der Waals surface area contributed by atoms with Gasteiger partial charge in [0.25, 0.3) is 8.32 Å². The van der Waals surface area contributed by atoms with Crippen molar-refractivity contribution >= 4 is 14.5 Å². The van der Waals surface area contributed by atoms with Gasteiger partial charge in [0.15, 0.2) is 0 Å². The number of carbonyl (C=O) groups excluding carboxylic acids is 1. The van der Waals surface area contributed by atoms with Crippen molar-refractivity contribution in [1.29, 1.82) is 0 Å². The molecule has 0 heterocycles. The summed E-state index contributed by atoms with van der Waals surface area (Å²) in [6.45, 7) is 9.11. The number of hydrogen-bond donors (Lipinski definition) is 0. The van der Waals surface area contributed by atoms with Crippen LogP contribution < -0.4 is 0 Å². The van der Waals surface area contributed by atoms with Crippen molar-refractivity contribution in [3.8, 4) is 0 Å². The number of unbranched alkanes of at least 4 members (excludes halogenated alkanes) is 8. The van der Waals surface area contributed by atoms with Crippen LogP contribution in [0.2, 0.25) is 18.1 Å². The Morgan fingerprint density at radius 3 is 1.64 bits per heavy atom. The van der Waals surface area contributed by atoms with Gasteiger partial charge in [-0.25, -0.2) is 4.79 Å². The van der Waals surface area contributed by atoms with E-state index in [1.807, 2.05) is 0 Å². The van der Waals surface area contributed by atoms with Crippen LogP contribution in [0.25, 0.3) is 0 Å². The highest BCUT2D eigenvalue weighted by Gasteiger charge is 2.33. The molecule has 0 saturated carbocycles. The normalized spacial score (nSPS) is 11.5. The van der Waals surface area contributed by atoms with Gasteiger partial charge in [-0.15, -0.1) is 0 Å². The smallest absolute Gasteiger partial charge is 0.489 e. The summed E-state index contributed by atoms with van der Waals surface area (Å²) >= 11 is 0. The molecule has 4 heteroatoms. The van der Waals surface area contributed by atoms with E-state index >= 15 is 0 Å². The third kappa shape index (κ3) is 10.3. The Balaban J connectivity index is 3.53. The van der Waals surface area contributed by atoms with E-state index < -0.39 is 14.5 Å². The largest absolute Gasteiger partial charge is 0.494 e. The summed E-state index contributed by atoms with van der Waals surface area (Å²) in [6, 6.07) is 2.94. The number of ether oxygens (including phenoxy) is 1. The summed E-state index contributed by atoms with van der Waals surface area (Å²) in [6.07, 6.45) is 11.0. The van der Waals surface area contributed by atoms with Crippen molar-refractivity contribution in [3.63, 3.8) is 0 Å². The van der Waals surface area contributed by atoms with E-state index in [1.54, 1.807) is 0 Å². The van der Waals surface area contributed by atoms with Crippen molar-refractivity contribution in [2.75, 3.05) is 6.61 Å². The monoisotopic (exact) mass is 330 g/mol. The molecule has 132 valence electrons. The Morgan fingerprint density at radius 1 is 0.727 bits per heavy atom. The minimum atomic E-state index is -1.85. The molecule has 0 aromatic rings. The molecule has 0 aromatic heterocycles. The molecule has 0 spiro atoms. The van der Waals surface area contributed by atoms with E-state index in [0.29, 0.717) is 6.61 Å². The molecular weight excluding hydrogens is 292 g/mol. The van der Waals surface area contributed by atoms with Gasteiger partial charge in [0.05, 0.1) is 6.61 Å². The van der Waals surface area contributed by atoms with Crippen LogP contribution in [0.15, 0.2) is 0 Å². The van der Waals surface area contributed by atoms with Crippen LogP contribution in [0.5, 0.6) is 0 Å². The molecular formula is C18H38O3Si. The highest BCUT2D eigenvalue weighted by atomic mass is 28.4. The van der Waals surface area contributed by atoms with Crippen LogP contribution in [0.1, 0.15) is 85.5 Å². The zero-order valence-electron chi connectivity index (χ0n) is 15.4. The predicted molar refractivity (Wildman–Crippen MR) is 96.9 cm³/mol. The molecule has 0 saturated heterocycles. The summed E-state index contributed by atoms with van der Waals surface area (Å²) in [5.74, 6) is 0. The third-order valence-electron chi connectivity index (χ3n) is 4.70. The van der Waals surface area contributed by atoms with E-state index in [2.05, 4.69) is 27.7 Å². The quantitative estimate of drug-likeness (QED) is 0.202. The van der Waals surface area contributed by atoms with Gasteiger partial charge in [-0.3, -0.25) is 0 Å². The summed E-state index contributed by atoms with van der Waals surface area (Å²) in [5.41, 5.74) is 0. The fourth-order valence-electron chi connectivity index (χ4n) is 2.74. The third-order valence-corrected chi connectivity index (χ3v) is 9.17. The van der Waals surface area contributed by atoms with Crippen molar-refractivity contribution < 1.29 is 14.0 Å². The topological polar surface area (TPSA) is 35.5 Å². The molecule has 0 bridgehead atoms. The molecule has 0 N–H and O–H groups in total. The van der Waals surface area contributed by atoms with E-state index in [9.17, 15) is 4.79 Å². The Bertz CT molecular complexity index is 257. The lowest BCUT2D eigenvalue weighted by molar-refractivity contribution is 0.0938. The van der Waals surface area contributed by atoms with Crippen LogP contribution in [0.3, 0.4) is 0 Å². The van der Waals surface area contributed by atoms with E-state index in [4.69, 9.17) is 9.16 Å². The van der Waals surface area contributed by atoms with Crippen molar-refractivity contribution in [3.05, 3.63) is 0 Å². The minimum absolute atomic E-state index is 0.434. The lowest BCUT2D eigenvalue weighted by Gasteiger charge is -2.26. The molecule has 0 rings (SSSR count). The van der Waals surface area contributed by atoms with Crippen LogP contribution in [-0.4, -0.2) is 21.1 Å². The van der Waals surface area contributed by atoms with Gasteiger partial charge in [-0.2, -0.15) is 0 Å². The first-order chi connectivity index (χ1) is 10.6. The Hall–Kier alpha value is -0.513. The molecule has 0 aromatic carbocycles. The summed E-state index contributed by atoms with van der Waals surface area (Å²) in [5, 5.41) is 0. The molecule has 0 unspecified atom stereocenters. The van der Waals surface area contributed by atoms with Crippen molar-refractivity contribution in [2.24, 2.45) is 0 Å². The van der Waals surface area contributed by atoms with E-state index in [-0.39, 0.29) is 0 Å². The maximum absolute atomic E-state index is 11.8. The number of rotatable bonds is 14. The maximum Gasteiger partial charge on any atom is 0.494 e. The van der Waals surface area contributed by atoms with Crippen LogP contribution in [0, 0.1) is 0 Å². The molecule has 0 aliphatic heterocycles. The molecule has 0 aliphatic carbocycles. The summed E-state index contributed by atoms with van der Waals surface area (Å²) in [7, 11) is -1.85. The lowest BCUT2D eigenvalue weighted by Crippen LogP contribution is -2.38. The number of hydrogen-bond acceptors (Lipinski definition) is 3. The molecule has 0 radical (unpaired) electrons. The zero-order chi connectivity index (χ0) is 16.7. The van der Waals surface area contributed by atoms with Gasteiger partial charge in [0.2, 0.25) is 0 Å². The first-order valence-corrected chi connectivity index (χ1v) is 12.0. The predicted octanol–water partition coefficient (Wildman–Crippen LogP) is 6.68. The van der Waals surface area contributed by atoms with Crippen molar-refractivity contribution in [2.45, 2.75) is 104 Å². The van der Waals surface area contributed by atoms with Crippen LogP contribution >= 0.6 is 0 Å². The van der Waals surface area contributed by atoms with Crippen LogP contribution in [0.4, 0.5) is 4.79 Å². The summed E-state index contributed by atoms with van der Waals surface area (Å²) < 4.78 is 10.9. The second-order valence-corrected chi connectivity index (χ2v) is 11.0. The van der Waals surface area contributed by atoms with Gasteiger partial charge in [-0.1, -0.05) is 79.1 Å². The minimum Gasteiger partial charge on any atom is -0.489 e. The standard InChI is InChI=1S/C18H38O3Si/c1-5-9-10-11-12-13-14-15-16-17-20-18(19)21-22(6-2,7-3)8-4/h5-17H2,1-4H3. The van der Waals surface area contributed by atoms with Gasteiger partial charge in [0.1, 0.15) is 0 Å². The zero-order valence-corrected chi connectivity index (χ0v) is 16.4. The van der Waals surface area contributed by atoms with E-state index in [0.717, 1.165) is 31.0 Å². The summed E-state index contributed by atoms with van der Waals surface area (Å²) in [4.78, 5) is 11.8. The maximum atomic E-state index is 11.8. The highest BCUT2D eigenvalue weighted by Crippen LogP contribution is 2.22. The molecule has 0 aliphatic rings. The second kappa shape index (κ2) is 14.1. The SMILES string of the molecule is CCCCCCCCCCCOC(=O)O[Si](CC)(CC)CC. The number of carbonyl (C=O) groups is 1. The molecule has 3 nitrogen and oxygen atoms in total. The van der Waals surface area contributed by atoms with E-state index in [1.165, 1.54) is 44.9 Å². The fourth-order valence-corrected chi connectivity index (χ4v) is 5.09. The Labute approximate surface area is 139 Å². The molecule has 0 atom stereocenters. The van der Waals surface area contributed by atoms with Crippen molar-refractivity contribution in [1.82, 2.24) is 0 Å². The van der Waals surface area contributed by atoms with Gasteiger partial charge in [-0.05, 0) is 24.6 Å². The molecule has 0 amide bonds.